The van der Waals surface area contributed by atoms with Crippen LogP contribution in [-0.2, 0) is 16.0 Å². The van der Waals surface area contributed by atoms with Gasteiger partial charge in [-0.1, -0.05) is 30.3 Å². The fourth-order valence-corrected chi connectivity index (χ4v) is 1.32. The Labute approximate surface area is 94.8 Å². The molecular weight excluding hydrogens is 204 g/mol. The summed E-state index contributed by atoms with van der Waals surface area (Å²) in [6, 6.07) is 8.40. The molecule has 0 aliphatic heterocycles. The summed E-state index contributed by atoms with van der Waals surface area (Å²) < 4.78 is 0. The highest BCUT2D eigenvalue weighted by molar-refractivity contribution is 5.83. The van der Waals surface area contributed by atoms with E-state index in [1.807, 2.05) is 30.3 Å². The number of hydrogen-bond donors (Lipinski definition) is 2. The number of carbonyl (C=O) groups excluding carboxylic acids is 2. The Morgan fingerprint density at radius 3 is 2.56 bits per heavy atom. The SMILES string of the molecule is C[C@H](N)C(=O)N[C@@H](C=O)Cc1ccccc1. The predicted molar refractivity (Wildman–Crippen MR) is 61.8 cm³/mol. The molecule has 0 bridgehead atoms. The Balaban J connectivity index is 2.56. The first-order valence-corrected chi connectivity index (χ1v) is 5.18. The molecule has 0 unspecified atom stereocenters. The molecule has 1 rings (SSSR count). The van der Waals surface area contributed by atoms with Gasteiger partial charge < -0.3 is 15.8 Å². The van der Waals surface area contributed by atoms with Crippen LogP contribution in [0.25, 0.3) is 0 Å². The molecule has 1 aromatic carbocycles. The van der Waals surface area contributed by atoms with E-state index >= 15 is 0 Å². The van der Waals surface area contributed by atoms with E-state index in [1.54, 1.807) is 6.92 Å². The first-order valence-electron chi connectivity index (χ1n) is 5.18. The minimum atomic E-state index is -0.599. The van der Waals surface area contributed by atoms with E-state index in [2.05, 4.69) is 5.32 Å². The van der Waals surface area contributed by atoms with Crippen LogP contribution in [0.15, 0.2) is 30.3 Å². The van der Waals surface area contributed by atoms with Crippen LogP contribution < -0.4 is 11.1 Å². The number of nitrogens with two attached hydrogens (primary N) is 1. The summed E-state index contributed by atoms with van der Waals surface area (Å²) in [6.07, 6.45) is 1.22. The molecule has 0 saturated heterocycles. The van der Waals surface area contributed by atoms with Crippen molar-refractivity contribution in [1.82, 2.24) is 5.32 Å². The molecule has 0 radical (unpaired) electrons. The van der Waals surface area contributed by atoms with Crippen molar-refractivity contribution in [3.8, 4) is 0 Å². The first-order chi connectivity index (χ1) is 7.63. The summed E-state index contributed by atoms with van der Waals surface area (Å²) >= 11 is 0. The van der Waals surface area contributed by atoms with Crippen molar-refractivity contribution in [1.29, 1.82) is 0 Å². The van der Waals surface area contributed by atoms with Gasteiger partial charge in [0, 0.05) is 0 Å². The molecule has 0 heterocycles. The molecule has 0 saturated carbocycles. The number of rotatable bonds is 5. The van der Waals surface area contributed by atoms with Crippen LogP contribution >= 0.6 is 0 Å². The van der Waals surface area contributed by atoms with Crippen molar-refractivity contribution in [2.45, 2.75) is 25.4 Å². The van der Waals surface area contributed by atoms with Gasteiger partial charge in [0.05, 0.1) is 12.1 Å². The molecule has 0 aliphatic rings. The van der Waals surface area contributed by atoms with E-state index in [0.29, 0.717) is 6.42 Å². The van der Waals surface area contributed by atoms with Gasteiger partial charge in [-0.3, -0.25) is 4.79 Å². The van der Waals surface area contributed by atoms with E-state index in [4.69, 9.17) is 5.73 Å². The lowest BCUT2D eigenvalue weighted by molar-refractivity contribution is -0.124. The Morgan fingerprint density at radius 2 is 2.06 bits per heavy atom. The van der Waals surface area contributed by atoms with Crippen molar-refractivity contribution >= 4 is 12.2 Å². The number of hydrogen-bond acceptors (Lipinski definition) is 3. The molecule has 1 amide bonds. The van der Waals surface area contributed by atoms with E-state index in [-0.39, 0.29) is 5.91 Å². The highest BCUT2D eigenvalue weighted by Crippen LogP contribution is 2.01. The van der Waals surface area contributed by atoms with Gasteiger partial charge in [-0.2, -0.15) is 0 Å². The van der Waals surface area contributed by atoms with Gasteiger partial charge in [0.1, 0.15) is 6.29 Å². The lowest BCUT2D eigenvalue weighted by Crippen LogP contribution is -2.45. The van der Waals surface area contributed by atoms with Gasteiger partial charge in [-0.25, -0.2) is 0 Å². The Hall–Kier alpha value is -1.68. The molecule has 0 spiro atoms. The smallest absolute Gasteiger partial charge is 0.237 e. The topological polar surface area (TPSA) is 72.2 Å². The third kappa shape index (κ3) is 3.82. The van der Waals surface area contributed by atoms with Crippen molar-refractivity contribution in [3.63, 3.8) is 0 Å². The van der Waals surface area contributed by atoms with Gasteiger partial charge in [0.25, 0.3) is 0 Å². The molecule has 86 valence electrons. The summed E-state index contributed by atoms with van der Waals surface area (Å²) in [7, 11) is 0. The summed E-state index contributed by atoms with van der Waals surface area (Å²) in [6.45, 7) is 1.58. The summed E-state index contributed by atoms with van der Waals surface area (Å²) in [5.74, 6) is -0.312. The maximum absolute atomic E-state index is 11.3. The lowest BCUT2D eigenvalue weighted by Gasteiger charge is -2.14. The number of aldehydes is 1. The second kappa shape index (κ2) is 6.02. The fourth-order valence-electron chi connectivity index (χ4n) is 1.32. The van der Waals surface area contributed by atoms with Crippen molar-refractivity contribution in [2.75, 3.05) is 0 Å². The largest absolute Gasteiger partial charge is 0.345 e. The molecule has 0 fully saturated rings. The first kappa shape index (κ1) is 12.4. The van der Waals surface area contributed by atoms with E-state index in [1.165, 1.54) is 0 Å². The predicted octanol–water partition coefficient (Wildman–Crippen LogP) is 0.260. The Bertz CT molecular complexity index is 349. The van der Waals surface area contributed by atoms with Crippen molar-refractivity contribution in [2.24, 2.45) is 5.73 Å². The van der Waals surface area contributed by atoms with Crippen LogP contribution in [0.3, 0.4) is 0 Å². The minimum Gasteiger partial charge on any atom is -0.345 e. The number of carbonyl (C=O) groups is 2. The maximum atomic E-state index is 11.3. The molecule has 1 aromatic rings. The molecule has 4 heteroatoms. The number of amides is 1. The highest BCUT2D eigenvalue weighted by Gasteiger charge is 2.14. The Morgan fingerprint density at radius 1 is 1.44 bits per heavy atom. The average molecular weight is 220 g/mol. The number of benzene rings is 1. The van der Waals surface area contributed by atoms with E-state index in [9.17, 15) is 9.59 Å². The average Bonchev–Trinajstić information content (AvgIpc) is 2.29. The molecule has 16 heavy (non-hydrogen) atoms. The fraction of sp³-hybridized carbons (Fsp3) is 0.333. The zero-order valence-electron chi connectivity index (χ0n) is 9.22. The normalized spacial score (nSPS) is 13.9. The van der Waals surface area contributed by atoms with Crippen LogP contribution in [0.4, 0.5) is 0 Å². The quantitative estimate of drug-likeness (QED) is 0.699. The zero-order chi connectivity index (χ0) is 12.0. The van der Waals surface area contributed by atoms with Crippen molar-refractivity contribution < 1.29 is 9.59 Å². The second-order valence-electron chi connectivity index (χ2n) is 3.73. The van der Waals surface area contributed by atoms with Gasteiger partial charge >= 0.3 is 0 Å². The van der Waals surface area contributed by atoms with E-state index < -0.39 is 12.1 Å². The minimum absolute atomic E-state index is 0.312. The molecule has 0 aromatic heterocycles. The summed E-state index contributed by atoms with van der Waals surface area (Å²) in [5, 5.41) is 2.58. The molecule has 2 atom stereocenters. The monoisotopic (exact) mass is 220 g/mol. The molecule has 4 nitrogen and oxygen atoms in total. The van der Waals surface area contributed by atoms with Gasteiger partial charge in [0.15, 0.2) is 0 Å². The summed E-state index contributed by atoms with van der Waals surface area (Å²) in [5.41, 5.74) is 6.41. The zero-order valence-corrected chi connectivity index (χ0v) is 9.22. The lowest BCUT2D eigenvalue weighted by atomic mass is 10.1. The molecule has 3 N–H and O–H groups in total. The van der Waals surface area contributed by atoms with Gasteiger partial charge in [-0.05, 0) is 18.9 Å². The highest BCUT2D eigenvalue weighted by atomic mass is 16.2. The standard InChI is InChI=1S/C12H16N2O2/c1-9(13)12(16)14-11(8-15)7-10-5-3-2-4-6-10/h2-6,8-9,11H,7,13H2,1H3,(H,14,16)/t9-,11+/m0/s1. The van der Waals surface area contributed by atoms with Crippen LogP contribution in [0.2, 0.25) is 0 Å². The van der Waals surface area contributed by atoms with Gasteiger partial charge in [-0.15, -0.1) is 0 Å². The second-order valence-corrected chi connectivity index (χ2v) is 3.73. The van der Waals surface area contributed by atoms with Crippen molar-refractivity contribution in [3.05, 3.63) is 35.9 Å². The van der Waals surface area contributed by atoms with Crippen LogP contribution in [0.1, 0.15) is 12.5 Å². The molecular formula is C12H16N2O2. The number of nitrogens with one attached hydrogen (secondary N) is 1. The molecule has 0 aliphatic carbocycles. The van der Waals surface area contributed by atoms with Crippen LogP contribution in [-0.4, -0.2) is 24.3 Å². The van der Waals surface area contributed by atoms with Crippen LogP contribution in [0.5, 0.6) is 0 Å². The summed E-state index contributed by atoms with van der Waals surface area (Å²) in [4.78, 5) is 22.1. The third-order valence-electron chi connectivity index (χ3n) is 2.20. The van der Waals surface area contributed by atoms with Gasteiger partial charge in [0.2, 0.25) is 5.91 Å². The third-order valence-corrected chi connectivity index (χ3v) is 2.20. The van der Waals surface area contributed by atoms with Crippen LogP contribution in [0, 0.1) is 0 Å². The van der Waals surface area contributed by atoms with E-state index in [0.717, 1.165) is 11.8 Å². The maximum Gasteiger partial charge on any atom is 0.237 e. The Kier molecular flexibility index (Phi) is 4.66.